The lowest BCUT2D eigenvalue weighted by Crippen LogP contribution is -2.37. The fourth-order valence-electron chi connectivity index (χ4n) is 2.14. The van der Waals surface area contributed by atoms with Gasteiger partial charge >= 0.3 is 0 Å². The van der Waals surface area contributed by atoms with E-state index in [-0.39, 0.29) is 13.1 Å². The van der Waals surface area contributed by atoms with Crippen molar-refractivity contribution in [3.8, 4) is 0 Å². The van der Waals surface area contributed by atoms with Gasteiger partial charge in [-0.05, 0) is 36.2 Å². The zero-order valence-corrected chi connectivity index (χ0v) is 16.1. The van der Waals surface area contributed by atoms with Gasteiger partial charge in [0.05, 0.1) is 12.8 Å². The summed E-state index contributed by atoms with van der Waals surface area (Å²) in [4.78, 5) is 12.2. The van der Waals surface area contributed by atoms with E-state index >= 15 is 0 Å². The Labute approximate surface area is 157 Å². The number of amides is 1. The number of carbonyl (C=O) groups is 1. The van der Waals surface area contributed by atoms with Crippen LogP contribution in [0.2, 0.25) is 10.0 Å². The third kappa shape index (κ3) is 5.71. The summed E-state index contributed by atoms with van der Waals surface area (Å²) in [6.45, 7) is 1.54. The second-order valence-corrected chi connectivity index (χ2v) is 8.43. The molecule has 0 fully saturated rings. The summed E-state index contributed by atoms with van der Waals surface area (Å²) in [5.74, 6) is -0.461. The van der Waals surface area contributed by atoms with Gasteiger partial charge in [0, 0.05) is 22.3 Å². The van der Waals surface area contributed by atoms with E-state index in [4.69, 9.17) is 23.2 Å². The van der Waals surface area contributed by atoms with Crippen molar-refractivity contribution in [3.63, 3.8) is 0 Å². The smallest absolute Gasteiger partial charge is 0.239 e. The highest BCUT2D eigenvalue weighted by molar-refractivity contribution is 7.88. The molecule has 0 aliphatic heterocycles. The number of anilines is 1. The van der Waals surface area contributed by atoms with Gasteiger partial charge in [0.15, 0.2) is 0 Å². The molecular weight excluding hydrogens is 383 g/mol. The molecule has 25 heavy (non-hydrogen) atoms. The van der Waals surface area contributed by atoms with Crippen LogP contribution in [0.1, 0.15) is 11.1 Å². The second kappa shape index (κ2) is 8.19. The van der Waals surface area contributed by atoms with Crippen molar-refractivity contribution in [3.05, 3.63) is 63.6 Å². The first kappa shape index (κ1) is 19.7. The molecular formula is C17H18Cl2N2O3S. The monoisotopic (exact) mass is 400 g/mol. The lowest BCUT2D eigenvalue weighted by Gasteiger charge is -2.20. The summed E-state index contributed by atoms with van der Waals surface area (Å²) in [6.07, 6.45) is 1.06. The lowest BCUT2D eigenvalue weighted by molar-refractivity contribution is -0.116. The van der Waals surface area contributed by atoms with Crippen molar-refractivity contribution in [2.45, 2.75) is 13.5 Å². The van der Waals surface area contributed by atoms with Crippen molar-refractivity contribution in [2.24, 2.45) is 0 Å². The highest BCUT2D eigenvalue weighted by atomic mass is 35.5. The fraction of sp³-hybridized carbons (Fsp3) is 0.235. The molecule has 8 heteroatoms. The van der Waals surface area contributed by atoms with Crippen molar-refractivity contribution in [1.82, 2.24) is 4.31 Å². The number of sulfonamides is 1. The Morgan fingerprint density at radius 3 is 2.40 bits per heavy atom. The molecule has 0 aliphatic carbocycles. The Bertz CT molecular complexity index is 885. The summed E-state index contributed by atoms with van der Waals surface area (Å²) in [5, 5.41) is 3.62. The highest BCUT2D eigenvalue weighted by Gasteiger charge is 2.21. The largest absolute Gasteiger partial charge is 0.325 e. The van der Waals surface area contributed by atoms with Crippen LogP contribution in [0.5, 0.6) is 0 Å². The number of nitrogens with zero attached hydrogens (tertiary/aromatic N) is 1. The molecule has 1 N–H and O–H groups in total. The van der Waals surface area contributed by atoms with Gasteiger partial charge in [0.25, 0.3) is 0 Å². The Kier molecular flexibility index (Phi) is 6.46. The molecule has 0 unspecified atom stereocenters. The molecule has 0 heterocycles. The van der Waals surface area contributed by atoms with Gasteiger partial charge in [-0.1, -0.05) is 47.5 Å². The van der Waals surface area contributed by atoms with Gasteiger partial charge in [0.1, 0.15) is 0 Å². The van der Waals surface area contributed by atoms with Crippen LogP contribution in [0.15, 0.2) is 42.5 Å². The van der Waals surface area contributed by atoms with Crippen LogP contribution in [0.25, 0.3) is 0 Å². The van der Waals surface area contributed by atoms with E-state index in [9.17, 15) is 13.2 Å². The molecule has 134 valence electrons. The van der Waals surface area contributed by atoms with Crippen LogP contribution in [-0.2, 0) is 21.4 Å². The standard InChI is InChI=1S/C17H18Cl2N2O3S/c1-12-7-8-14(9-16(12)19)20-17(22)11-21(25(2,23)24)10-13-5-3-4-6-15(13)18/h3-9H,10-11H2,1-2H3,(H,20,22). The number of carbonyl (C=O) groups excluding carboxylic acids is 1. The maximum Gasteiger partial charge on any atom is 0.239 e. The second-order valence-electron chi connectivity index (χ2n) is 5.63. The Balaban J connectivity index is 2.13. The van der Waals surface area contributed by atoms with Crippen LogP contribution < -0.4 is 5.32 Å². The van der Waals surface area contributed by atoms with Gasteiger partial charge in [0.2, 0.25) is 15.9 Å². The van der Waals surface area contributed by atoms with Crippen LogP contribution in [0.3, 0.4) is 0 Å². The molecule has 2 aromatic carbocycles. The highest BCUT2D eigenvalue weighted by Crippen LogP contribution is 2.21. The molecule has 0 bridgehead atoms. The number of rotatable bonds is 6. The average Bonchev–Trinajstić information content (AvgIpc) is 2.51. The summed E-state index contributed by atoms with van der Waals surface area (Å²) in [5.41, 5.74) is 2.02. The third-order valence-electron chi connectivity index (χ3n) is 3.55. The van der Waals surface area contributed by atoms with E-state index in [1.165, 1.54) is 0 Å². The topological polar surface area (TPSA) is 66.5 Å². The zero-order valence-electron chi connectivity index (χ0n) is 13.8. The first-order valence-corrected chi connectivity index (χ1v) is 10.0. The van der Waals surface area contributed by atoms with Crippen molar-refractivity contribution in [2.75, 3.05) is 18.1 Å². The predicted molar refractivity (Wildman–Crippen MR) is 102 cm³/mol. The van der Waals surface area contributed by atoms with Crippen LogP contribution in [-0.4, -0.2) is 31.4 Å². The first-order chi connectivity index (χ1) is 11.7. The fourth-order valence-corrected chi connectivity index (χ4v) is 3.24. The van der Waals surface area contributed by atoms with Crippen molar-refractivity contribution in [1.29, 1.82) is 0 Å². The quantitative estimate of drug-likeness (QED) is 0.803. The molecule has 2 rings (SSSR count). The molecule has 0 spiro atoms. The first-order valence-electron chi connectivity index (χ1n) is 7.41. The number of hydrogen-bond acceptors (Lipinski definition) is 3. The molecule has 0 radical (unpaired) electrons. The number of benzene rings is 2. The minimum Gasteiger partial charge on any atom is -0.325 e. The Hall–Kier alpha value is -1.60. The van der Waals surface area contributed by atoms with Crippen LogP contribution >= 0.6 is 23.2 Å². The maximum absolute atomic E-state index is 12.2. The zero-order chi connectivity index (χ0) is 18.6. The van der Waals surface area contributed by atoms with E-state index in [2.05, 4.69) is 5.32 Å². The number of nitrogens with one attached hydrogen (secondary N) is 1. The number of aryl methyl sites for hydroxylation is 1. The van der Waals surface area contributed by atoms with E-state index in [1.54, 1.807) is 42.5 Å². The minimum absolute atomic E-state index is 0.0145. The van der Waals surface area contributed by atoms with Gasteiger partial charge in [-0.15, -0.1) is 0 Å². The number of hydrogen-bond donors (Lipinski definition) is 1. The summed E-state index contributed by atoms with van der Waals surface area (Å²) in [7, 11) is -3.59. The molecule has 2 aromatic rings. The van der Waals surface area contributed by atoms with Crippen LogP contribution in [0, 0.1) is 6.92 Å². The van der Waals surface area contributed by atoms with Crippen molar-refractivity contribution >= 4 is 44.8 Å². The Morgan fingerprint density at radius 1 is 1.12 bits per heavy atom. The lowest BCUT2D eigenvalue weighted by atomic mass is 10.2. The Morgan fingerprint density at radius 2 is 1.80 bits per heavy atom. The van der Waals surface area contributed by atoms with Gasteiger partial charge < -0.3 is 5.32 Å². The molecule has 0 aromatic heterocycles. The normalized spacial score (nSPS) is 11.6. The molecule has 0 aliphatic rings. The maximum atomic E-state index is 12.2. The van der Waals surface area contributed by atoms with Crippen LogP contribution in [0.4, 0.5) is 5.69 Å². The number of halogens is 2. The van der Waals surface area contributed by atoms with E-state index in [0.29, 0.717) is 21.3 Å². The summed E-state index contributed by atoms with van der Waals surface area (Å²) in [6, 6.07) is 12.0. The van der Waals surface area contributed by atoms with Crippen molar-refractivity contribution < 1.29 is 13.2 Å². The minimum atomic E-state index is -3.59. The molecule has 0 saturated heterocycles. The van der Waals surface area contributed by atoms with Gasteiger partial charge in [-0.3, -0.25) is 4.79 Å². The SMILES string of the molecule is Cc1ccc(NC(=O)CN(Cc2ccccc2Cl)S(C)(=O)=O)cc1Cl. The van der Waals surface area contributed by atoms with Gasteiger partial charge in [-0.2, -0.15) is 4.31 Å². The average molecular weight is 401 g/mol. The van der Waals surface area contributed by atoms with E-state index in [0.717, 1.165) is 16.1 Å². The third-order valence-corrected chi connectivity index (χ3v) is 5.52. The van der Waals surface area contributed by atoms with E-state index < -0.39 is 15.9 Å². The van der Waals surface area contributed by atoms with Gasteiger partial charge in [-0.25, -0.2) is 8.42 Å². The predicted octanol–water partition coefficient (Wildman–Crippen LogP) is 3.70. The molecule has 5 nitrogen and oxygen atoms in total. The molecule has 1 amide bonds. The molecule has 0 atom stereocenters. The summed E-state index contributed by atoms with van der Waals surface area (Å²) < 4.78 is 25.1. The van der Waals surface area contributed by atoms with E-state index in [1.807, 2.05) is 6.92 Å². The summed E-state index contributed by atoms with van der Waals surface area (Å²) >= 11 is 12.1. The molecule has 0 saturated carbocycles.